The van der Waals surface area contributed by atoms with Crippen LogP contribution in [-0.2, 0) is 14.8 Å². The number of piperidine rings is 1. The van der Waals surface area contributed by atoms with Crippen molar-refractivity contribution < 1.29 is 13.2 Å². The summed E-state index contributed by atoms with van der Waals surface area (Å²) in [6.07, 6.45) is 10.7. The molecule has 1 aromatic carbocycles. The number of sulfonamides is 1. The third kappa shape index (κ3) is 5.26. The first kappa shape index (κ1) is 22.8. The fourth-order valence-electron chi connectivity index (χ4n) is 6.34. The van der Waals surface area contributed by atoms with Gasteiger partial charge in [0.05, 0.1) is 19.0 Å². The molecular formula is C26H35N3O3S. The highest BCUT2D eigenvalue weighted by atomic mass is 32.2. The molecule has 1 aliphatic carbocycles. The molecule has 178 valence electrons. The van der Waals surface area contributed by atoms with Crippen molar-refractivity contribution in [2.45, 2.75) is 75.1 Å². The normalized spacial score (nSPS) is 32.1. The van der Waals surface area contributed by atoms with Crippen LogP contribution in [0.4, 0.5) is 5.82 Å². The lowest BCUT2D eigenvalue weighted by Crippen LogP contribution is -2.58. The molecule has 3 heterocycles. The van der Waals surface area contributed by atoms with E-state index in [1.807, 2.05) is 18.3 Å². The average Bonchev–Trinajstić information content (AvgIpc) is 3.15. The molecular weight excluding hydrogens is 434 g/mol. The molecule has 2 aliphatic heterocycles. The van der Waals surface area contributed by atoms with Gasteiger partial charge in [-0.1, -0.05) is 36.4 Å². The molecule has 33 heavy (non-hydrogen) atoms. The van der Waals surface area contributed by atoms with Crippen molar-refractivity contribution in [3.05, 3.63) is 60.3 Å². The summed E-state index contributed by atoms with van der Waals surface area (Å²) in [5.74, 6) is 1.74. The number of benzene rings is 1. The predicted octanol–water partition coefficient (Wildman–Crippen LogP) is 4.10. The van der Waals surface area contributed by atoms with E-state index in [9.17, 15) is 8.42 Å². The summed E-state index contributed by atoms with van der Waals surface area (Å²) in [7, 11) is -3.28. The smallest absolute Gasteiger partial charge is 0.208 e. The monoisotopic (exact) mass is 469 g/mol. The van der Waals surface area contributed by atoms with Gasteiger partial charge in [0.2, 0.25) is 10.0 Å². The maximum atomic E-state index is 12.1. The van der Waals surface area contributed by atoms with Gasteiger partial charge in [0.1, 0.15) is 5.82 Å². The van der Waals surface area contributed by atoms with E-state index in [0.29, 0.717) is 18.6 Å². The zero-order valence-electron chi connectivity index (χ0n) is 19.3. The Morgan fingerprint density at radius 2 is 1.76 bits per heavy atom. The number of fused-ring (bicyclic) bond motifs is 2. The highest BCUT2D eigenvalue weighted by Gasteiger charge is 2.48. The molecule has 3 aliphatic rings. The molecule has 0 unspecified atom stereocenters. The van der Waals surface area contributed by atoms with E-state index in [4.69, 9.17) is 4.74 Å². The van der Waals surface area contributed by atoms with E-state index in [1.54, 1.807) is 0 Å². The van der Waals surface area contributed by atoms with Crippen molar-refractivity contribution in [2.75, 3.05) is 17.8 Å². The van der Waals surface area contributed by atoms with Gasteiger partial charge in [0.25, 0.3) is 0 Å². The van der Waals surface area contributed by atoms with Crippen LogP contribution < -0.4 is 9.62 Å². The molecule has 2 bridgehead atoms. The number of nitrogens with one attached hydrogen (secondary N) is 1. The van der Waals surface area contributed by atoms with Crippen molar-refractivity contribution >= 4 is 15.8 Å². The quantitative estimate of drug-likeness (QED) is 0.661. The van der Waals surface area contributed by atoms with E-state index in [0.717, 1.165) is 50.8 Å². The Morgan fingerprint density at radius 1 is 1.00 bits per heavy atom. The molecule has 1 aromatic heterocycles. The molecule has 2 aromatic rings. The minimum Gasteiger partial charge on any atom is -0.378 e. The van der Waals surface area contributed by atoms with E-state index in [1.165, 1.54) is 11.8 Å². The largest absolute Gasteiger partial charge is 0.378 e. The van der Waals surface area contributed by atoms with Crippen LogP contribution in [-0.4, -0.2) is 50.5 Å². The van der Waals surface area contributed by atoms with Crippen molar-refractivity contribution in [3.63, 3.8) is 0 Å². The highest BCUT2D eigenvalue weighted by molar-refractivity contribution is 7.88. The van der Waals surface area contributed by atoms with Crippen LogP contribution in [0.2, 0.25) is 0 Å². The van der Waals surface area contributed by atoms with E-state index < -0.39 is 10.0 Å². The average molecular weight is 470 g/mol. The molecule has 2 saturated heterocycles. The van der Waals surface area contributed by atoms with Gasteiger partial charge in [-0.05, 0) is 68.6 Å². The van der Waals surface area contributed by atoms with Gasteiger partial charge in [-0.15, -0.1) is 0 Å². The van der Waals surface area contributed by atoms with Crippen LogP contribution in [0.1, 0.15) is 56.4 Å². The lowest BCUT2D eigenvalue weighted by Gasteiger charge is -2.45. The molecule has 3 fully saturated rings. The zero-order chi connectivity index (χ0) is 22.8. The van der Waals surface area contributed by atoms with Crippen molar-refractivity contribution in [1.82, 2.24) is 9.71 Å². The lowest BCUT2D eigenvalue weighted by molar-refractivity contribution is -0.00899. The number of ether oxygens (including phenoxy) is 1. The molecule has 5 rings (SSSR count). The van der Waals surface area contributed by atoms with Gasteiger partial charge in [0.15, 0.2) is 0 Å². The summed E-state index contributed by atoms with van der Waals surface area (Å²) in [6, 6.07) is 17.3. The lowest BCUT2D eigenvalue weighted by atomic mass is 9.82. The third-order valence-corrected chi connectivity index (χ3v) is 8.56. The van der Waals surface area contributed by atoms with Crippen LogP contribution >= 0.6 is 0 Å². The number of hydrogen-bond donors (Lipinski definition) is 1. The molecule has 7 heteroatoms. The van der Waals surface area contributed by atoms with Gasteiger partial charge < -0.3 is 9.64 Å². The molecule has 0 amide bonds. The Balaban J connectivity index is 1.26. The van der Waals surface area contributed by atoms with Crippen LogP contribution in [0.5, 0.6) is 0 Å². The number of anilines is 1. The SMILES string of the molecule is CS(=O)(=O)N[C@H]1C[C@@H]2CC[C@H]([C@H]1CO[C@H]1CC[C@@H](c3ccccc3)CC1)N2c1ccccn1. The van der Waals surface area contributed by atoms with Gasteiger partial charge >= 0.3 is 0 Å². The van der Waals surface area contributed by atoms with Crippen LogP contribution in [0.25, 0.3) is 0 Å². The first-order chi connectivity index (χ1) is 16.0. The first-order valence-electron chi connectivity index (χ1n) is 12.3. The van der Waals surface area contributed by atoms with Crippen molar-refractivity contribution in [3.8, 4) is 0 Å². The fourth-order valence-corrected chi connectivity index (χ4v) is 7.16. The summed E-state index contributed by atoms with van der Waals surface area (Å²) in [6.45, 7) is 0.592. The molecule has 1 N–H and O–H groups in total. The molecule has 1 saturated carbocycles. The number of pyridine rings is 1. The van der Waals surface area contributed by atoms with Gasteiger partial charge in [-0.2, -0.15) is 0 Å². The van der Waals surface area contributed by atoms with Gasteiger partial charge in [0, 0.05) is 30.2 Å². The highest BCUT2D eigenvalue weighted by Crippen LogP contribution is 2.42. The third-order valence-electron chi connectivity index (χ3n) is 7.83. The number of nitrogens with zero attached hydrogens (tertiary/aromatic N) is 2. The number of rotatable bonds is 7. The van der Waals surface area contributed by atoms with Gasteiger partial charge in [-0.25, -0.2) is 18.1 Å². The van der Waals surface area contributed by atoms with Crippen LogP contribution in [0, 0.1) is 5.92 Å². The van der Waals surface area contributed by atoms with Crippen LogP contribution in [0.3, 0.4) is 0 Å². The van der Waals surface area contributed by atoms with E-state index in [2.05, 4.69) is 51.0 Å². The standard InChI is InChI=1S/C26H35N3O3S/c1-33(30,31)28-24-17-21-12-15-25(29(21)26-9-5-6-16-27-26)23(24)18-32-22-13-10-20(11-14-22)19-7-3-2-4-8-19/h2-9,16,20-25,28H,10-15,17-18H2,1H3/t20-,21-,22+,23-,24-,25+/m0/s1. The minimum atomic E-state index is -3.28. The fraction of sp³-hybridized carbons (Fsp3) is 0.577. The summed E-state index contributed by atoms with van der Waals surface area (Å²) in [4.78, 5) is 7.04. The maximum absolute atomic E-state index is 12.1. The Labute approximate surface area is 197 Å². The maximum Gasteiger partial charge on any atom is 0.208 e. The Kier molecular flexibility index (Phi) is 6.72. The molecule has 6 nitrogen and oxygen atoms in total. The summed E-state index contributed by atoms with van der Waals surface area (Å²) < 4.78 is 33.7. The Morgan fingerprint density at radius 3 is 2.45 bits per heavy atom. The Hall–Kier alpha value is -1.96. The number of hydrogen-bond acceptors (Lipinski definition) is 5. The summed E-state index contributed by atoms with van der Waals surface area (Å²) >= 11 is 0. The first-order valence-corrected chi connectivity index (χ1v) is 14.2. The minimum absolute atomic E-state index is 0.0851. The second-order valence-corrected chi connectivity index (χ2v) is 11.8. The Bertz CT molecular complexity index is 1010. The molecule has 4 atom stereocenters. The van der Waals surface area contributed by atoms with Crippen LogP contribution in [0.15, 0.2) is 54.7 Å². The van der Waals surface area contributed by atoms with E-state index >= 15 is 0 Å². The molecule has 0 radical (unpaired) electrons. The van der Waals surface area contributed by atoms with Gasteiger partial charge in [-0.3, -0.25) is 0 Å². The van der Waals surface area contributed by atoms with E-state index in [-0.39, 0.29) is 24.1 Å². The second-order valence-electron chi connectivity index (χ2n) is 10.0. The van der Waals surface area contributed by atoms with Crippen molar-refractivity contribution in [2.24, 2.45) is 5.92 Å². The topological polar surface area (TPSA) is 71.5 Å². The van der Waals surface area contributed by atoms with Crippen molar-refractivity contribution in [1.29, 1.82) is 0 Å². The predicted molar refractivity (Wildman–Crippen MR) is 131 cm³/mol. The zero-order valence-corrected chi connectivity index (χ0v) is 20.2. The number of aromatic nitrogens is 1. The molecule has 0 spiro atoms. The second kappa shape index (κ2) is 9.72. The summed E-state index contributed by atoms with van der Waals surface area (Å²) in [5.41, 5.74) is 1.43. The summed E-state index contributed by atoms with van der Waals surface area (Å²) in [5, 5.41) is 0.